The number of pyridine rings is 1. The van der Waals surface area contributed by atoms with E-state index < -0.39 is 0 Å². The van der Waals surface area contributed by atoms with Crippen molar-refractivity contribution in [3.05, 3.63) is 50.9 Å². The number of halogens is 1. The van der Waals surface area contributed by atoms with Gasteiger partial charge < -0.3 is 10.4 Å². The Bertz CT molecular complexity index is 567. The molecule has 2 N–H and O–H groups in total. The minimum Gasteiger partial charge on any atom is -0.396 e. The molecular weight excluding hydrogens is 296 g/mol. The number of carbonyl (C=O) groups excluding carboxylic acids is 1. The Kier molecular flexibility index (Phi) is 5.11. The number of hydrogen-bond acceptors (Lipinski definition) is 4. The molecule has 1 amide bonds. The SMILES string of the molecule is Cc1csc(Cl)c1C(=O)NCC(CO)c1cccnc1. The van der Waals surface area contributed by atoms with Gasteiger partial charge in [0.15, 0.2) is 0 Å². The van der Waals surface area contributed by atoms with Crippen molar-refractivity contribution in [2.45, 2.75) is 12.8 Å². The minimum absolute atomic E-state index is 0.0532. The lowest BCUT2D eigenvalue weighted by Gasteiger charge is -2.15. The molecule has 0 aliphatic carbocycles. The van der Waals surface area contributed by atoms with Crippen LogP contribution in [0.3, 0.4) is 0 Å². The van der Waals surface area contributed by atoms with Crippen molar-refractivity contribution in [2.75, 3.05) is 13.2 Å². The summed E-state index contributed by atoms with van der Waals surface area (Å²) < 4.78 is 0.488. The summed E-state index contributed by atoms with van der Waals surface area (Å²) in [6, 6.07) is 3.68. The highest BCUT2D eigenvalue weighted by atomic mass is 35.5. The highest BCUT2D eigenvalue weighted by molar-refractivity contribution is 7.15. The van der Waals surface area contributed by atoms with E-state index in [0.29, 0.717) is 16.4 Å². The van der Waals surface area contributed by atoms with Gasteiger partial charge in [-0.25, -0.2) is 0 Å². The molecule has 1 atom stereocenters. The van der Waals surface area contributed by atoms with Gasteiger partial charge in [-0.3, -0.25) is 9.78 Å². The fraction of sp³-hybridized carbons (Fsp3) is 0.286. The number of nitrogens with one attached hydrogen (secondary N) is 1. The maximum absolute atomic E-state index is 12.1. The third-order valence-electron chi connectivity index (χ3n) is 3.04. The van der Waals surface area contributed by atoms with Gasteiger partial charge in [0.25, 0.3) is 5.91 Å². The molecule has 6 heteroatoms. The van der Waals surface area contributed by atoms with Crippen molar-refractivity contribution < 1.29 is 9.90 Å². The molecule has 0 bridgehead atoms. The summed E-state index contributed by atoms with van der Waals surface area (Å²) in [5, 5.41) is 14.1. The second-order valence-electron chi connectivity index (χ2n) is 4.44. The number of carbonyl (C=O) groups is 1. The van der Waals surface area contributed by atoms with Crippen molar-refractivity contribution in [1.29, 1.82) is 0 Å². The first-order valence-electron chi connectivity index (χ1n) is 6.16. The molecule has 20 heavy (non-hydrogen) atoms. The lowest BCUT2D eigenvalue weighted by Crippen LogP contribution is -2.30. The van der Waals surface area contributed by atoms with Crippen LogP contribution in [-0.2, 0) is 0 Å². The average molecular weight is 311 g/mol. The number of aliphatic hydroxyl groups excluding tert-OH is 1. The third kappa shape index (κ3) is 3.36. The van der Waals surface area contributed by atoms with E-state index >= 15 is 0 Å². The van der Waals surface area contributed by atoms with Crippen LogP contribution in [0.5, 0.6) is 0 Å². The van der Waals surface area contributed by atoms with Crippen molar-refractivity contribution in [3.63, 3.8) is 0 Å². The van der Waals surface area contributed by atoms with E-state index in [9.17, 15) is 9.90 Å². The van der Waals surface area contributed by atoms with Crippen LogP contribution in [0.2, 0.25) is 4.34 Å². The number of aromatic nitrogens is 1. The summed E-state index contributed by atoms with van der Waals surface area (Å²) in [5.41, 5.74) is 2.27. The lowest BCUT2D eigenvalue weighted by molar-refractivity contribution is 0.0947. The molecule has 4 nitrogen and oxygen atoms in total. The van der Waals surface area contributed by atoms with Gasteiger partial charge >= 0.3 is 0 Å². The first-order valence-corrected chi connectivity index (χ1v) is 7.41. The molecule has 2 aromatic rings. The maximum atomic E-state index is 12.1. The van der Waals surface area contributed by atoms with Crippen LogP contribution in [-0.4, -0.2) is 29.1 Å². The van der Waals surface area contributed by atoms with Crippen LogP contribution >= 0.6 is 22.9 Å². The van der Waals surface area contributed by atoms with E-state index in [1.54, 1.807) is 18.5 Å². The van der Waals surface area contributed by atoms with Gasteiger partial charge in [-0.1, -0.05) is 17.7 Å². The number of hydrogen-bond donors (Lipinski definition) is 2. The van der Waals surface area contributed by atoms with Gasteiger partial charge in [-0.2, -0.15) is 0 Å². The van der Waals surface area contributed by atoms with Crippen LogP contribution in [0, 0.1) is 6.92 Å². The third-order valence-corrected chi connectivity index (χ3v) is 4.38. The molecule has 106 valence electrons. The summed E-state index contributed by atoms with van der Waals surface area (Å²) in [7, 11) is 0. The zero-order valence-electron chi connectivity index (χ0n) is 11.0. The minimum atomic E-state index is -0.212. The standard InChI is InChI=1S/C14H15ClN2O2S/c1-9-8-20-13(15)12(9)14(19)17-6-11(7-18)10-3-2-4-16-5-10/h2-5,8,11,18H,6-7H2,1H3,(H,17,19). The fourth-order valence-corrected chi connectivity index (χ4v) is 3.03. The first kappa shape index (κ1) is 15.0. The molecule has 0 saturated carbocycles. The van der Waals surface area contributed by atoms with Crippen molar-refractivity contribution in [2.24, 2.45) is 0 Å². The molecule has 1 unspecified atom stereocenters. The second-order valence-corrected chi connectivity index (χ2v) is 5.93. The molecule has 0 aromatic carbocycles. The van der Waals surface area contributed by atoms with E-state index in [4.69, 9.17) is 11.6 Å². The first-order chi connectivity index (χ1) is 9.63. The van der Waals surface area contributed by atoms with Gasteiger partial charge in [-0.15, -0.1) is 11.3 Å². The number of rotatable bonds is 5. The Balaban J connectivity index is 2.02. The van der Waals surface area contributed by atoms with Crippen molar-refractivity contribution >= 4 is 28.8 Å². The zero-order chi connectivity index (χ0) is 14.5. The molecule has 2 heterocycles. The second kappa shape index (κ2) is 6.83. The monoisotopic (exact) mass is 310 g/mol. The average Bonchev–Trinajstić information content (AvgIpc) is 2.80. The highest BCUT2D eigenvalue weighted by Crippen LogP contribution is 2.27. The number of amides is 1. The summed E-state index contributed by atoms with van der Waals surface area (Å²) in [6.45, 7) is 2.14. The molecule has 2 aromatic heterocycles. The smallest absolute Gasteiger partial charge is 0.253 e. The molecule has 2 rings (SSSR count). The Labute approximate surface area is 126 Å². The Morgan fingerprint density at radius 1 is 1.60 bits per heavy atom. The lowest BCUT2D eigenvalue weighted by atomic mass is 10.0. The maximum Gasteiger partial charge on any atom is 0.253 e. The van der Waals surface area contributed by atoms with Gasteiger partial charge in [0.1, 0.15) is 4.34 Å². The van der Waals surface area contributed by atoms with E-state index in [1.807, 2.05) is 18.4 Å². The van der Waals surface area contributed by atoms with Gasteiger partial charge in [0.05, 0.1) is 12.2 Å². The number of thiophene rings is 1. The molecule has 0 saturated heterocycles. The van der Waals surface area contributed by atoms with Crippen molar-refractivity contribution in [1.82, 2.24) is 10.3 Å². The summed E-state index contributed by atoms with van der Waals surface area (Å²) in [4.78, 5) is 16.1. The Hall–Kier alpha value is -1.43. The van der Waals surface area contributed by atoms with Crippen LogP contribution in [0.25, 0.3) is 0 Å². The molecule has 0 aliphatic rings. The molecular formula is C14H15ClN2O2S. The van der Waals surface area contributed by atoms with E-state index in [-0.39, 0.29) is 18.4 Å². The van der Waals surface area contributed by atoms with Crippen LogP contribution < -0.4 is 5.32 Å². The molecule has 0 radical (unpaired) electrons. The van der Waals surface area contributed by atoms with Gasteiger partial charge in [0.2, 0.25) is 0 Å². The van der Waals surface area contributed by atoms with E-state index in [1.165, 1.54) is 11.3 Å². The fourth-order valence-electron chi connectivity index (χ4n) is 1.89. The van der Waals surface area contributed by atoms with Gasteiger partial charge in [-0.05, 0) is 29.5 Å². The van der Waals surface area contributed by atoms with E-state index in [0.717, 1.165) is 11.1 Å². The van der Waals surface area contributed by atoms with Crippen LogP contribution in [0.1, 0.15) is 27.4 Å². The Morgan fingerprint density at radius 3 is 2.95 bits per heavy atom. The zero-order valence-corrected chi connectivity index (χ0v) is 12.5. The molecule has 0 spiro atoms. The quantitative estimate of drug-likeness (QED) is 0.892. The van der Waals surface area contributed by atoms with Gasteiger partial charge in [0, 0.05) is 24.9 Å². The van der Waals surface area contributed by atoms with Crippen LogP contribution in [0.4, 0.5) is 0 Å². The topological polar surface area (TPSA) is 62.2 Å². The number of nitrogens with zero attached hydrogens (tertiary/aromatic N) is 1. The highest BCUT2D eigenvalue weighted by Gasteiger charge is 2.17. The van der Waals surface area contributed by atoms with Crippen molar-refractivity contribution in [3.8, 4) is 0 Å². The van der Waals surface area contributed by atoms with E-state index in [2.05, 4.69) is 10.3 Å². The predicted octanol–water partition coefficient (Wildman–Crippen LogP) is 2.61. The van der Waals surface area contributed by atoms with Crippen LogP contribution in [0.15, 0.2) is 29.9 Å². The number of aliphatic hydroxyl groups is 1. The summed E-state index contributed by atoms with van der Waals surface area (Å²) in [6.07, 6.45) is 3.36. The predicted molar refractivity (Wildman–Crippen MR) is 80.5 cm³/mol. The Morgan fingerprint density at radius 2 is 2.40 bits per heavy atom. The molecule has 0 fully saturated rings. The largest absolute Gasteiger partial charge is 0.396 e. The normalized spacial score (nSPS) is 12.2. The number of aryl methyl sites for hydroxylation is 1. The molecule has 0 aliphatic heterocycles. The summed E-state index contributed by atoms with van der Waals surface area (Å²) in [5.74, 6) is -0.388. The summed E-state index contributed by atoms with van der Waals surface area (Å²) >= 11 is 7.35.